The summed E-state index contributed by atoms with van der Waals surface area (Å²) in [5.41, 5.74) is 4.85. The molecule has 3 aromatic rings. The second kappa shape index (κ2) is 11.7. The number of fused-ring (bicyclic) bond motifs is 1. The van der Waals surface area contributed by atoms with E-state index < -0.39 is 23.8 Å². The van der Waals surface area contributed by atoms with Crippen LogP contribution in [0.2, 0.25) is 0 Å². The van der Waals surface area contributed by atoms with E-state index in [1.54, 1.807) is 18.2 Å². The van der Waals surface area contributed by atoms with E-state index in [1.165, 1.54) is 26.7 Å². The van der Waals surface area contributed by atoms with Gasteiger partial charge in [0.15, 0.2) is 0 Å². The molecule has 7 nitrogen and oxygen atoms in total. The van der Waals surface area contributed by atoms with E-state index in [0.717, 1.165) is 61.0 Å². The zero-order valence-corrected chi connectivity index (χ0v) is 22.4. The van der Waals surface area contributed by atoms with E-state index in [0.29, 0.717) is 29.3 Å². The topological polar surface area (TPSA) is 92.1 Å². The molecule has 5 rings (SSSR count). The predicted molar refractivity (Wildman–Crippen MR) is 145 cm³/mol. The quantitative estimate of drug-likeness (QED) is 0.383. The Morgan fingerprint density at radius 1 is 1.15 bits per heavy atom. The van der Waals surface area contributed by atoms with Gasteiger partial charge in [-0.2, -0.15) is 0 Å². The van der Waals surface area contributed by atoms with Gasteiger partial charge in [-0.15, -0.1) is 0 Å². The number of benzene rings is 2. The van der Waals surface area contributed by atoms with Crippen molar-refractivity contribution >= 4 is 5.97 Å². The number of nitrogens with zero attached hydrogens (tertiary/aromatic N) is 2. The third kappa shape index (κ3) is 5.92. The van der Waals surface area contributed by atoms with Crippen LogP contribution in [0.5, 0.6) is 11.6 Å². The van der Waals surface area contributed by atoms with Crippen molar-refractivity contribution in [2.45, 2.75) is 57.8 Å². The fourth-order valence-corrected chi connectivity index (χ4v) is 5.53. The zero-order chi connectivity index (χ0) is 27.5. The summed E-state index contributed by atoms with van der Waals surface area (Å²) in [5.74, 6) is -1.36. The van der Waals surface area contributed by atoms with Gasteiger partial charge in [0.1, 0.15) is 17.7 Å². The number of hydrogen-bond donors (Lipinski definition) is 2. The van der Waals surface area contributed by atoms with Crippen molar-refractivity contribution in [3.8, 4) is 22.8 Å². The van der Waals surface area contributed by atoms with Crippen LogP contribution in [-0.4, -0.2) is 46.3 Å². The number of carbonyl (C=O) groups is 1. The number of pyridine rings is 1. The molecule has 3 heterocycles. The number of carboxylic acids is 1. The van der Waals surface area contributed by atoms with Crippen molar-refractivity contribution in [3.63, 3.8) is 0 Å². The Hall–Kier alpha value is -3.49. The second-order valence-electron chi connectivity index (χ2n) is 10.5. The number of aliphatic hydroxyl groups excluding tert-OH is 1. The largest absolute Gasteiger partial charge is 0.485 e. The van der Waals surface area contributed by atoms with Crippen molar-refractivity contribution in [2.24, 2.45) is 5.92 Å². The number of aliphatic carboxylic acids is 1. The maximum Gasteiger partial charge on any atom is 0.309 e. The Morgan fingerprint density at radius 2 is 1.95 bits per heavy atom. The molecule has 1 unspecified atom stereocenters. The Balaban J connectivity index is 1.46. The van der Waals surface area contributed by atoms with Crippen molar-refractivity contribution < 1.29 is 28.9 Å². The Bertz CT molecular complexity index is 1340. The van der Waals surface area contributed by atoms with Crippen LogP contribution in [0.4, 0.5) is 4.39 Å². The molecule has 2 aliphatic heterocycles. The molecular weight excluding hydrogens is 499 g/mol. The molecule has 2 aromatic carbocycles. The normalized spacial score (nSPS) is 19.0. The highest BCUT2D eigenvalue weighted by molar-refractivity contribution is 5.71. The number of likely N-dealkylation sites (tertiary alicyclic amines) is 1. The van der Waals surface area contributed by atoms with E-state index in [1.807, 2.05) is 18.2 Å². The van der Waals surface area contributed by atoms with Crippen LogP contribution < -0.4 is 9.47 Å². The summed E-state index contributed by atoms with van der Waals surface area (Å²) in [4.78, 5) is 17.8. The van der Waals surface area contributed by atoms with Crippen LogP contribution >= 0.6 is 0 Å². The van der Waals surface area contributed by atoms with E-state index >= 15 is 0 Å². The van der Waals surface area contributed by atoms with Gasteiger partial charge in [0.25, 0.3) is 0 Å². The Kier molecular flexibility index (Phi) is 8.14. The minimum Gasteiger partial charge on any atom is -0.485 e. The lowest BCUT2D eigenvalue weighted by Crippen LogP contribution is -2.29. The number of aryl methyl sites for hydroxylation is 1. The van der Waals surface area contributed by atoms with Gasteiger partial charge in [-0.1, -0.05) is 36.8 Å². The van der Waals surface area contributed by atoms with Crippen molar-refractivity contribution in [1.82, 2.24) is 9.88 Å². The van der Waals surface area contributed by atoms with Gasteiger partial charge in [-0.25, -0.2) is 9.37 Å². The fourth-order valence-electron chi connectivity index (χ4n) is 5.53. The average Bonchev–Trinajstić information content (AvgIpc) is 2.96. The van der Waals surface area contributed by atoms with Gasteiger partial charge in [-0.05, 0) is 79.6 Å². The smallest absolute Gasteiger partial charge is 0.309 e. The minimum atomic E-state index is -1.13. The first-order valence-corrected chi connectivity index (χ1v) is 13.6. The summed E-state index contributed by atoms with van der Waals surface area (Å²) >= 11 is 0. The average molecular weight is 535 g/mol. The van der Waals surface area contributed by atoms with Gasteiger partial charge < -0.3 is 19.7 Å². The molecule has 2 N–H and O–H groups in total. The molecule has 39 heavy (non-hydrogen) atoms. The first-order valence-electron chi connectivity index (χ1n) is 13.6. The lowest BCUT2D eigenvalue weighted by Gasteiger charge is -2.30. The summed E-state index contributed by atoms with van der Waals surface area (Å²) in [5, 5.41) is 19.9. The number of aromatic nitrogens is 1. The number of carboxylic acid groups (broad SMARTS) is 1. The highest BCUT2D eigenvalue weighted by Gasteiger charge is 2.27. The summed E-state index contributed by atoms with van der Waals surface area (Å²) in [6, 6.07) is 13.1. The third-order valence-corrected chi connectivity index (χ3v) is 7.91. The van der Waals surface area contributed by atoms with Crippen molar-refractivity contribution in [2.75, 3.05) is 20.2 Å². The summed E-state index contributed by atoms with van der Waals surface area (Å²) < 4.78 is 26.7. The number of hydrogen-bond acceptors (Lipinski definition) is 6. The van der Waals surface area contributed by atoms with Gasteiger partial charge in [0.05, 0.1) is 25.3 Å². The number of halogens is 1. The molecule has 0 saturated carbocycles. The predicted octanol–water partition coefficient (Wildman–Crippen LogP) is 5.70. The molecule has 0 aliphatic carbocycles. The molecule has 1 saturated heterocycles. The molecule has 2 aliphatic rings. The lowest BCUT2D eigenvalue weighted by molar-refractivity contribution is -0.145. The molecule has 1 aromatic heterocycles. The molecular formula is C31H35FN2O5. The summed E-state index contributed by atoms with van der Waals surface area (Å²) in [6.45, 7) is 4.22. The maximum atomic E-state index is 15.0. The molecule has 0 spiro atoms. The van der Waals surface area contributed by atoms with Gasteiger partial charge in [0, 0.05) is 18.2 Å². The minimum absolute atomic E-state index is 0.215. The monoisotopic (exact) mass is 534 g/mol. The van der Waals surface area contributed by atoms with Gasteiger partial charge in [0.2, 0.25) is 5.88 Å². The van der Waals surface area contributed by atoms with Crippen LogP contribution in [0.15, 0.2) is 48.7 Å². The molecule has 0 amide bonds. The van der Waals surface area contributed by atoms with Crippen molar-refractivity contribution in [3.05, 3.63) is 76.7 Å². The maximum absolute atomic E-state index is 15.0. The first kappa shape index (κ1) is 27.1. The summed E-state index contributed by atoms with van der Waals surface area (Å²) in [7, 11) is 1.52. The number of piperidine rings is 1. The van der Waals surface area contributed by atoms with Gasteiger partial charge in [-0.3, -0.25) is 9.69 Å². The van der Waals surface area contributed by atoms with E-state index in [4.69, 9.17) is 9.47 Å². The fraction of sp³-hybridized carbons (Fsp3) is 0.419. The highest BCUT2D eigenvalue weighted by Crippen LogP contribution is 2.39. The first-order chi connectivity index (χ1) is 18.8. The SMILES string of the molecule is COc1cc(-c2ccc(C3CCc4ccc([C@H](O)[C@H](C)C(=O)O)cc4O3)cc2CN2CCCCC2)c(F)cn1. The molecule has 3 atom stereocenters. The van der Waals surface area contributed by atoms with E-state index in [-0.39, 0.29) is 6.10 Å². The molecule has 8 heteroatoms. The molecule has 1 fully saturated rings. The number of methoxy groups -OCH3 is 1. The number of aliphatic hydroxyl groups is 1. The molecule has 206 valence electrons. The van der Waals surface area contributed by atoms with Crippen LogP contribution in [-0.2, 0) is 17.8 Å². The van der Waals surface area contributed by atoms with Crippen LogP contribution in [0.1, 0.15) is 67.1 Å². The highest BCUT2D eigenvalue weighted by atomic mass is 19.1. The third-order valence-electron chi connectivity index (χ3n) is 7.91. The summed E-state index contributed by atoms with van der Waals surface area (Å²) in [6.07, 6.45) is 4.98. The number of ether oxygens (including phenoxy) is 2. The van der Waals surface area contributed by atoms with E-state index in [2.05, 4.69) is 16.0 Å². The Labute approximate surface area is 228 Å². The van der Waals surface area contributed by atoms with E-state index in [9.17, 15) is 19.4 Å². The van der Waals surface area contributed by atoms with Crippen molar-refractivity contribution in [1.29, 1.82) is 0 Å². The lowest BCUT2D eigenvalue weighted by atomic mass is 9.91. The standard InChI is InChI=1S/C31H35FN2O5/c1-19(31(36)37)30(35)22-7-6-20-9-11-27(39-28(20)15-22)21-8-10-24(25-16-29(38-2)33-17-26(25)32)23(14-21)18-34-12-4-3-5-13-34/h6-8,10,14-17,19,27,30,35H,3-5,9,11-13,18H2,1-2H3,(H,36,37)/t19-,27?,30+/m0/s1. The van der Waals surface area contributed by atoms with Crippen LogP contribution in [0, 0.1) is 11.7 Å². The molecule has 0 bridgehead atoms. The Morgan fingerprint density at radius 3 is 2.69 bits per heavy atom. The second-order valence-corrected chi connectivity index (χ2v) is 10.5. The molecule has 0 radical (unpaired) electrons. The zero-order valence-electron chi connectivity index (χ0n) is 22.4. The van der Waals surface area contributed by atoms with Crippen LogP contribution in [0.25, 0.3) is 11.1 Å². The number of rotatable bonds is 8. The van der Waals surface area contributed by atoms with Crippen LogP contribution in [0.3, 0.4) is 0 Å². The van der Waals surface area contributed by atoms with Gasteiger partial charge >= 0.3 is 5.97 Å².